The Morgan fingerprint density at radius 2 is 1.68 bits per heavy atom. The molecule has 1 aromatic heterocycles. The van der Waals surface area contributed by atoms with Gasteiger partial charge in [-0.25, -0.2) is 0 Å². The minimum atomic E-state index is 0. The van der Waals surface area contributed by atoms with Crippen molar-refractivity contribution in [1.29, 1.82) is 0 Å². The van der Waals surface area contributed by atoms with Crippen LogP contribution in [0.25, 0.3) is 5.57 Å². The molecule has 0 N–H and O–H groups in total. The van der Waals surface area contributed by atoms with E-state index in [1.807, 2.05) is 12.3 Å². The van der Waals surface area contributed by atoms with Crippen molar-refractivity contribution in [3.8, 4) is 0 Å². The summed E-state index contributed by atoms with van der Waals surface area (Å²) in [6.45, 7) is 2.23. The number of hydrogen-bond acceptors (Lipinski definition) is 1. The third-order valence-electron chi connectivity index (χ3n) is 3.74. The third kappa shape index (κ3) is 4.03. The number of halogens is 2. The fourth-order valence-electron chi connectivity index (χ4n) is 2.70. The van der Waals surface area contributed by atoms with E-state index in [-0.39, 0.29) is 24.8 Å². The largest absolute Gasteiger partial charge is 1.00 e. The number of benzene rings is 1. The molecule has 0 fully saturated rings. The number of nitrogens with zero attached hydrogens (tertiary/aromatic N) is 1. The molecule has 4 heteroatoms. The fourth-order valence-corrected chi connectivity index (χ4v) is 3.39. The van der Waals surface area contributed by atoms with Crippen LogP contribution in [0.2, 0.25) is 0 Å². The number of rotatable bonds is 3. The van der Waals surface area contributed by atoms with Gasteiger partial charge in [-0.05, 0) is 0 Å². The summed E-state index contributed by atoms with van der Waals surface area (Å²) in [4.78, 5) is 4.44. The molecule has 22 heavy (non-hydrogen) atoms. The summed E-state index contributed by atoms with van der Waals surface area (Å²) in [6, 6.07) is 16.7. The molecule has 1 heterocycles. The van der Waals surface area contributed by atoms with E-state index in [0.717, 1.165) is 18.5 Å². The van der Waals surface area contributed by atoms with Gasteiger partial charge in [-0.3, -0.25) is 0 Å². The van der Waals surface area contributed by atoms with Crippen molar-refractivity contribution < 1.29 is 41.1 Å². The van der Waals surface area contributed by atoms with Gasteiger partial charge in [-0.15, -0.1) is 0 Å². The van der Waals surface area contributed by atoms with Crippen LogP contribution in [-0.4, -0.2) is 4.98 Å². The topological polar surface area (TPSA) is 12.9 Å². The predicted octanol–water partition coefficient (Wildman–Crippen LogP) is -1.69. The van der Waals surface area contributed by atoms with E-state index < -0.39 is 0 Å². The smallest absolute Gasteiger partial charge is 1.00 e. The van der Waals surface area contributed by atoms with E-state index in [1.165, 1.54) is 26.7 Å². The molecule has 0 unspecified atom stereocenters. The molecular formula is C18H16Cl2CrN. The first-order valence-electron chi connectivity index (χ1n) is 6.80. The Kier molecular flexibility index (Phi) is 7.39. The van der Waals surface area contributed by atoms with Gasteiger partial charge in [0.2, 0.25) is 0 Å². The summed E-state index contributed by atoms with van der Waals surface area (Å²) in [7, 11) is 0. The molecule has 1 aliphatic rings. The minimum absolute atomic E-state index is 0. The van der Waals surface area contributed by atoms with Crippen LogP contribution in [0.4, 0.5) is 0 Å². The van der Waals surface area contributed by atoms with E-state index in [4.69, 9.17) is 0 Å². The second-order valence-electron chi connectivity index (χ2n) is 5.07. The minimum Gasteiger partial charge on any atom is -1.00 e. The first kappa shape index (κ1) is 19.0. The molecule has 1 aliphatic carbocycles. The molecule has 0 bridgehead atoms. The predicted molar refractivity (Wildman–Crippen MR) is 78.6 cm³/mol. The van der Waals surface area contributed by atoms with Crippen LogP contribution in [0, 0.1) is 0 Å². The Bertz CT molecular complexity index is 679. The van der Waals surface area contributed by atoms with Gasteiger partial charge in [0.25, 0.3) is 0 Å². The molecule has 0 aliphatic heterocycles. The van der Waals surface area contributed by atoms with Crippen molar-refractivity contribution in [1.82, 2.24) is 4.98 Å². The maximum atomic E-state index is 4.44. The van der Waals surface area contributed by atoms with Crippen molar-refractivity contribution >= 4 is 5.57 Å². The molecule has 0 atom stereocenters. The monoisotopic (exact) mass is 368 g/mol. The summed E-state index contributed by atoms with van der Waals surface area (Å²) in [5.74, 6) is 0. The average Bonchev–Trinajstić information content (AvgIpc) is 2.75. The van der Waals surface area contributed by atoms with Crippen LogP contribution in [0.1, 0.15) is 24.6 Å². The Morgan fingerprint density at radius 3 is 2.32 bits per heavy atom. The maximum Gasteiger partial charge on any atom is -1.00 e. The zero-order valence-corrected chi connectivity index (χ0v) is 15.0. The normalized spacial score (nSPS) is 13.6. The van der Waals surface area contributed by atoms with Gasteiger partial charge < -0.3 is 24.8 Å². The summed E-state index contributed by atoms with van der Waals surface area (Å²) in [5, 5.41) is 0. The van der Waals surface area contributed by atoms with Crippen molar-refractivity contribution in [3.63, 3.8) is 0 Å². The Balaban J connectivity index is 0.00000121. The summed E-state index contributed by atoms with van der Waals surface area (Å²) < 4.78 is 1.35. The Labute approximate surface area is 152 Å². The molecule has 113 valence electrons. The van der Waals surface area contributed by atoms with Gasteiger partial charge in [0, 0.05) is 0 Å². The molecule has 3 rings (SSSR count). The van der Waals surface area contributed by atoms with E-state index in [2.05, 4.69) is 70.7 Å². The standard InChI is InChI=1S/C18H16N.2ClH.Cr/c1-14-16(13-17-9-5-6-12-19-17)10-11-18(14)15-7-3-2-4-8-15;;;/h2-9,12H,10,13H2,1H3;2*1H;/q;;;+2/p-2. The van der Waals surface area contributed by atoms with Crippen molar-refractivity contribution in [2.45, 2.75) is 19.8 Å². The molecule has 1 aromatic carbocycles. The van der Waals surface area contributed by atoms with Crippen LogP contribution in [0.15, 0.2) is 70.3 Å². The SMILES string of the molecule is CC1=C(Cc2ccccn2)C[C]([Cr+2])=C1c1ccccc1.[Cl-].[Cl-]. The number of allylic oxidation sites excluding steroid dienone is 4. The molecule has 2 aromatic rings. The van der Waals surface area contributed by atoms with Gasteiger partial charge in [0.1, 0.15) is 0 Å². The Hall–Kier alpha value is -1.04. The maximum absolute atomic E-state index is 4.44. The van der Waals surface area contributed by atoms with E-state index >= 15 is 0 Å². The Morgan fingerprint density at radius 1 is 1.00 bits per heavy atom. The second kappa shape index (κ2) is 8.56. The number of pyridine rings is 1. The molecule has 0 spiro atoms. The van der Waals surface area contributed by atoms with E-state index in [0.29, 0.717) is 0 Å². The first-order chi connectivity index (χ1) is 9.75. The number of hydrogen-bond donors (Lipinski definition) is 0. The number of aromatic nitrogens is 1. The van der Waals surface area contributed by atoms with Crippen LogP contribution in [0.5, 0.6) is 0 Å². The van der Waals surface area contributed by atoms with Crippen molar-refractivity contribution in [2.24, 2.45) is 0 Å². The van der Waals surface area contributed by atoms with Crippen molar-refractivity contribution in [2.75, 3.05) is 0 Å². The molecule has 0 amide bonds. The van der Waals surface area contributed by atoms with Gasteiger partial charge in [-0.2, -0.15) is 0 Å². The third-order valence-corrected chi connectivity index (χ3v) is 4.29. The van der Waals surface area contributed by atoms with Crippen LogP contribution < -0.4 is 24.8 Å². The van der Waals surface area contributed by atoms with Gasteiger partial charge in [0.15, 0.2) is 0 Å². The molecule has 0 saturated heterocycles. The molecular weight excluding hydrogens is 353 g/mol. The van der Waals surface area contributed by atoms with Gasteiger partial charge in [0.05, 0.1) is 0 Å². The van der Waals surface area contributed by atoms with Crippen molar-refractivity contribution in [3.05, 3.63) is 81.6 Å². The zero-order chi connectivity index (χ0) is 13.9. The fraction of sp³-hybridized carbons (Fsp3) is 0.167. The summed E-state index contributed by atoms with van der Waals surface area (Å²) >= 11 is 3.25. The molecule has 0 radical (unpaired) electrons. The van der Waals surface area contributed by atoms with Crippen LogP contribution in [-0.2, 0) is 22.7 Å². The zero-order valence-electron chi connectivity index (χ0n) is 12.2. The quantitative estimate of drug-likeness (QED) is 0.630. The molecule has 1 nitrogen and oxygen atoms in total. The van der Waals surface area contributed by atoms with E-state index in [9.17, 15) is 0 Å². The summed E-state index contributed by atoms with van der Waals surface area (Å²) in [6.07, 6.45) is 3.82. The van der Waals surface area contributed by atoms with Crippen LogP contribution in [0.3, 0.4) is 0 Å². The average molecular weight is 369 g/mol. The second-order valence-corrected chi connectivity index (χ2v) is 5.84. The van der Waals surface area contributed by atoms with Crippen LogP contribution >= 0.6 is 0 Å². The van der Waals surface area contributed by atoms with Gasteiger partial charge >= 0.3 is 128 Å². The van der Waals surface area contributed by atoms with Gasteiger partial charge in [-0.1, -0.05) is 0 Å². The first-order valence-corrected chi connectivity index (χ1v) is 7.44. The summed E-state index contributed by atoms with van der Waals surface area (Å²) in [5.41, 5.74) is 6.68. The molecule has 0 saturated carbocycles. The van der Waals surface area contributed by atoms with E-state index in [1.54, 1.807) is 0 Å².